The fourth-order valence-corrected chi connectivity index (χ4v) is 4.42. The Hall–Kier alpha value is 0.347. The first kappa shape index (κ1) is 9.89. The van der Waals surface area contributed by atoms with Crippen LogP contribution in [0.25, 0.3) is 0 Å². The normalized spacial score (nSPS) is 40.8. The van der Waals surface area contributed by atoms with Gasteiger partial charge in [0.2, 0.25) is 0 Å². The molecule has 3 heterocycles. The third kappa shape index (κ3) is 2.23. The first-order chi connectivity index (χ1) is 6.35. The molecule has 0 aromatic carbocycles. The Kier molecular flexibility index (Phi) is 3.23. The van der Waals surface area contributed by atoms with Gasteiger partial charge in [0.25, 0.3) is 0 Å². The summed E-state index contributed by atoms with van der Waals surface area (Å²) in [6, 6.07) is 0.840. The van der Waals surface area contributed by atoms with Gasteiger partial charge in [0.15, 0.2) is 0 Å². The summed E-state index contributed by atoms with van der Waals surface area (Å²) in [6.07, 6.45) is 0. The van der Waals surface area contributed by atoms with E-state index >= 15 is 0 Å². The number of halogens is 1. The second-order valence-corrected chi connectivity index (χ2v) is 7.22. The third-order valence-electron chi connectivity index (χ3n) is 2.37. The van der Waals surface area contributed by atoms with Gasteiger partial charge in [0.1, 0.15) is 0 Å². The fourth-order valence-electron chi connectivity index (χ4n) is 1.57. The minimum Gasteiger partial charge on any atom is -0.392 e. The van der Waals surface area contributed by atoms with Crippen molar-refractivity contribution in [3.63, 3.8) is 0 Å². The Bertz CT molecular complexity index is 157. The number of nitrogens with zero attached hydrogens (tertiary/aromatic N) is 1. The van der Waals surface area contributed by atoms with Crippen LogP contribution in [0.1, 0.15) is 0 Å². The molecule has 13 heavy (non-hydrogen) atoms. The molecule has 3 aliphatic rings. The van der Waals surface area contributed by atoms with Crippen molar-refractivity contribution < 1.29 is 13.7 Å². The maximum Gasteiger partial charge on any atom is 0.355 e. The van der Waals surface area contributed by atoms with Crippen LogP contribution >= 0.6 is 11.6 Å². The zero-order valence-electron chi connectivity index (χ0n) is 7.50. The van der Waals surface area contributed by atoms with Crippen LogP contribution in [0, 0.1) is 0 Å². The number of hydrogen-bond donors (Lipinski definition) is 0. The SMILES string of the molecule is ClC[Si]12CCON(CCO1)CCO2. The molecule has 3 saturated heterocycles. The Morgan fingerprint density at radius 2 is 1.85 bits per heavy atom. The largest absolute Gasteiger partial charge is 0.392 e. The van der Waals surface area contributed by atoms with E-state index < -0.39 is 8.56 Å². The van der Waals surface area contributed by atoms with Crippen LogP contribution in [0.15, 0.2) is 0 Å². The van der Waals surface area contributed by atoms with Gasteiger partial charge in [-0.25, -0.2) is 0 Å². The maximum atomic E-state index is 5.90. The van der Waals surface area contributed by atoms with Crippen molar-refractivity contribution in [1.29, 1.82) is 0 Å². The van der Waals surface area contributed by atoms with Gasteiger partial charge in [-0.1, -0.05) is 0 Å². The molecule has 3 aliphatic heterocycles. The van der Waals surface area contributed by atoms with Gasteiger partial charge in [0, 0.05) is 19.1 Å². The Morgan fingerprint density at radius 1 is 1.15 bits per heavy atom. The van der Waals surface area contributed by atoms with Gasteiger partial charge in [0.05, 0.1) is 25.3 Å². The second kappa shape index (κ2) is 4.25. The molecule has 6 heteroatoms. The van der Waals surface area contributed by atoms with Crippen molar-refractivity contribution in [2.75, 3.05) is 38.4 Å². The van der Waals surface area contributed by atoms with E-state index in [2.05, 4.69) is 0 Å². The minimum atomic E-state index is -2.09. The zero-order valence-corrected chi connectivity index (χ0v) is 9.26. The maximum absolute atomic E-state index is 5.90. The van der Waals surface area contributed by atoms with Gasteiger partial charge in [-0.05, 0) is 0 Å². The van der Waals surface area contributed by atoms with Crippen LogP contribution in [0.4, 0.5) is 0 Å². The van der Waals surface area contributed by atoms with Crippen LogP contribution in [-0.2, 0) is 13.7 Å². The number of hydrogen-bond acceptors (Lipinski definition) is 4. The van der Waals surface area contributed by atoms with E-state index in [9.17, 15) is 0 Å². The van der Waals surface area contributed by atoms with Crippen molar-refractivity contribution in [3.05, 3.63) is 0 Å². The molecule has 0 N–H and O–H groups in total. The molecular formula is C7H14ClNO3Si. The lowest BCUT2D eigenvalue weighted by Gasteiger charge is -2.37. The van der Waals surface area contributed by atoms with Crippen LogP contribution in [0.2, 0.25) is 6.04 Å². The molecule has 0 atom stereocenters. The van der Waals surface area contributed by atoms with E-state index in [0.717, 1.165) is 19.1 Å². The highest BCUT2D eigenvalue weighted by atomic mass is 35.5. The molecule has 2 bridgehead atoms. The van der Waals surface area contributed by atoms with Crippen LogP contribution in [0.5, 0.6) is 0 Å². The summed E-state index contributed by atoms with van der Waals surface area (Å²) in [4.78, 5) is 5.53. The van der Waals surface area contributed by atoms with Crippen molar-refractivity contribution in [2.45, 2.75) is 6.04 Å². The van der Waals surface area contributed by atoms with E-state index in [1.165, 1.54) is 0 Å². The number of rotatable bonds is 1. The number of alkyl halides is 1. The number of fused-ring (bicyclic) bond motifs is 6. The van der Waals surface area contributed by atoms with Gasteiger partial charge >= 0.3 is 8.56 Å². The van der Waals surface area contributed by atoms with Crippen molar-refractivity contribution in [3.8, 4) is 0 Å². The molecule has 0 amide bonds. The molecule has 0 radical (unpaired) electrons. The molecule has 0 unspecified atom stereocenters. The Balaban J connectivity index is 2.07. The van der Waals surface area contributed by atoms with Gasteiger partial charge < -0.3 is 8.85 Å². The average Bonchev–Trinajstić information content (AvgIpc) is 2.01. The predicted molar refractivity (Wildman–Crippen MR) is 50.7 cm³/mol. The fraction of sp³-hybridized carbons (Fsp3) is 1.00. The summed E-state index contributed by atoms with van der Waals surface area (Å²) in [5.41, 5.74) is 0.510. The number of hydroxylamine groups is 2. The topological polar surface area (TPSA) is 30.9 Å². The molecule has 3 fully saturated rings. The minimum absolute atomic E-state index is 0.510. The van der Waals surface area contributed by atoms with Gasteiger partial charge in [-0.2, -0.15) is 5.06 Å². The Morgan fingerprint density at radius 3 is 2.46 bits per heavy atom. The van der Waals surface area contributed by atoms with Crippen LogP contribution < -0.4 is 0 Å². The summed E-state index contributed by atoms with van der Waals surface area (Å²) in [7, 11) is -2.09. The summed E-state index contributed by atoms with van der Waals surface area (Å²) in [5, 5.41) is 1.91. The van der Waals surface area contributed by atoms with Crippen molar-refractivity contribution in [1.82, 2.24) is 5.06 Å². The lowest BCUT2D eigenvalue weighted by Crippen LogP contribution is -2.53. The van der Waals surface area contributed by atoms with Gasteiger partial charge in [-0.15, -0.1) is 11.6 Å². The van der Waals surface area contributed by atoms with E-state index in [0.29, 0.717) is 25.3 Å². The van der Waals surface area contributed by atoms with Crippen LogP contribution in [-0.4, -0.2) is 52.0 Å². The van der Waals surface area contributed by atoms with Crippen LogP contribution in [0.3, 0.4) is 0 Å². The van der Waals surface area contributed by atoms with E-state index in [-0.39, 0.29) is 0 Å². The van der Waals surface area contributed by atoms with Crippen molar-refractivity contribution in [2.24, 2.45) is 0 Å². The molecule has 0 aromatic rings. The van der Waals surface area contributed by atoms with Crippen molar-refractivity contribution >= 4 is 20.2 Å². The van der Waals surface area contributed by atoms with E-state index in [1.54, 1.807) is 0 Å². The summed E-state index contributed by atoms with van der Waals surface area (Å²) in [5.74, 6) is 0. The highest BCUT2D eigenvalue weighted by Crippen LogP contribution is 2.20. The lowest BCUT2D eigenvalue weighted by molar-refractivity contribution is -0.179. The Labute approximate surface area is 83.9 Å². The van der Waals surface area contributed by atoms with Gasteiger partial charge in [-0.3, -0.25) is 4.84 Å². The highest BCUT2D eigenvalue weighted by molar-refractivity contribution is 6.74. The zero-order chi connectivity index (χ0) is 9.15. The third-order valence-corrected chi connectivity index (χ3v) is 6.43. The molecule has 4 nitrogen and oxygen atoms in total. The van der Waals surface area contributed by atoms with E-state index in [1.807, 2.05) is 5.06 Å². The lowest BCUT2D eigenvalue weighted by atomic mass is 10.6. The smallest absolute Gasteiger partial charge is 0.355 e. The average molecular weight is 224 g/mol. The first-order valence-electron chi connectivity index (χ1n) is 4.56. The first-order valence-corrected chi connectivity index (χ1v) is 7.33. The standard InChI is InChI=1S/C7H14ClNO3Si/c8-7-13-6-5-10-9(1-3-11-13)2-4-12-13/h1-7H2. The monoisotopic (exact) mass is 223 g/mol. The molecule has 0 saturated carbocycles. The molecule has 0 spiro atoms. The highest BCUT2D eigenvalue weighted by Gasteiger charge is 2.40. The second-order valence-electron chi connectivity index (χ2n) is 3.25. The molecule has 0 aromatic heterocycles. The molecular weight excluding hydrogens is 210 g/mol. The molecule has 3 rings (SSSR count). The molecule has 0 aliphatic carbocycles. The van der Waals surface area contributed by atoms with E-state index in [4.69, 9.17) is 25.3 Å². The summed E-state index contributed by atoms with van der Waals surface area (Å²) in [6.45, 7) is 3.70. The predicted octanol–water partition coefficient (Wildman–Crippen LogP) is 0.501. The summed E-state index contributed by atoms with van der Waals surface area (Å²) >= 11 is 5.90. The molecule has 76 valence electrons. The quantitative estimate of drug-likeness (QED) is 0.479. The summed E-state index contributed by atoms with van der Waals surface area (Å²) < 4.78 is 11.5.